The van der Waals surface area contributed by atoms with Crippen molar-refractivity contribution in [1.82, 2.24) is 4.90 Å². The Kier molecular flexibility index (Phi) is 7.20. The lowest BCUT2D eigenvalue weighted by atomic mass is 10.0. The summed E-state index contributed by atoms with van der Waals surface area (Å²) in [4.78, 5) is 2.51. The van der Waals surface area contributed by atoms with E-state index in [1.807, 2.05) is 13.0 Å². The van der Waals surface area contributed by atoms with Gasteiger partial charge < -0.3 is 10.5 Å². The molecule has 0 aliphatic rings. The van der Waals surface area contributed by atoms with Crippen molar-refractivity contribution in [2.75, 3.05) is 20.2 Å². The van der Waals surface area contributed by atoms with E-state index in [0.717, 1.165) is 25.4 Å². The SMILES string of the molecule is COc1ccc(C(C)N)cc1CN(CC(C)C)CC(C)C. The predicted octanol–water partition coefficient (Wildman–Crippen LogP) is 3.83. The molecule has 0 radical (unpaired) electrons. The molecular weight excluding hydrogens is 260 g/mol. The summed E-state index contributed by atoms with van der Waals surface area (Å²) in [5.74, 6) is 2.27. The molecule has 1 aromatic rings. The minimum atomic E-state index is 0.0540. The second-order valence-electron chi connectivity index (χ2n) is 6.84. The van der Waals surface area contributed by atoms with E-state index >= 15 is 0 Å². The van der Waals surface area contributed by atoms with Crippen LogP contribution in [-0.4, -0.2) is 25.1 Å². The van der Waals surface area contributed by atoms with Gasteiger partial charge in [0.05, 0.1) is 7.11 Å². The molecule has 0 saturated carbocycles. The fourth-order valence-corrected chi connectivity index (χ4v) is 2.68. The number of nitrogens with zero attached hydrogens (tertiary/aromatic N) is 1. The minimum Gasteiger partial charge on any atom is -0.496 e. The normalized spacial score (nSPS) is 13.2. The van der Waals surface area contributed by atoms with Crippen molar-refractivity contribution < 1.29 is 4.74 Å². The third kappa shape index (κ3) is 6.06. The summed E-state index contributed by atoms with van der Waals surface area (Å²) in [5.41, 5.74) is 8.41. The molecule has 0 aliphatic carbocycles. The van der Waals surface area contributed by atoms with E-state index in [1.165, 1.54) is 11.1 Å². The van der Waals surface area contributed by atoms with Crippen molar-refractivity contribution in [2.45, 2.75) is 47.2 Å². The van der Waals surface area contributed by atoms with Gasteiger partial charge in [-0.1, -0.05) is 33.8 Å². The summed E-state index contributed by atoms with van der Waals surface area (Å²) in [6.07, 6.45) is 0. The van der Waals surface area contributed by atoms with E-state index in [2.05, 4.69) is 44.7 Å². The van der Waals surface area contributed by atoms with Crippen LogP contribution in [0.5, 0.6) is 5.75 Å². The van der Waals surface area contributed by atoms with Crippen molar-refractivity contribution >= 4 is 0 Å². The van der Waals surface area contributed by atoms with Crippen molar-refractivity contribution in [3.8, 4) is 5.75 Å². The molecule has 0 saturated heterocycles. The quantitative estimate of drug-likeness (QED) is 0.791. The summed E-state index contributed by atoms with van der Waals surface area (Å²) in [7, 11) is 1.74. The van der Waals surface area contributed by atoms with Crippen LogP contribution in [0.25, 0.3) is 0 Å². The largest absolute Gasteiger partial charge is 0.496 e. The molecular formula is C18H32N2O. The molecule has 0 aliphatic heterocycles. The van der Waals surface area contributed by atoms with E-state index in [1.54, 1.807) is 7.11 Å². The van der Waals surface area contributed by atoms with Crippen molar-refractivity contribution in [3.63, 3.8) is 0 Å². The lowest BCUT2D eigenvalue weighted by Crippen LogP contribution is -2.31. The Morgan fingerprint density at radius 3 is 2.05 bits per heavy atom. The van der Waals surface area contributed by atoms with Gasteiger partial charge in [0.2, 0.25) is 0 Å². The van der Waals surface area contributed by atoms with Crippen LogP contribution in [0, 0.1) is 11.8 Å². The number of rotatable bonds is 8. The Morgan fingerprint density at radius 2 is 1.62 bits per heavy atom. The van der Waals surface area contributed by atoms with Gasteiger partial charge in [-0.05, 0) is 36.5 Å². The van der Waals surface area contributed by atoms with Crippen LogP contribution in [0.15, 0.2) is 18.2 Å². The molecule has 0 fully saturated rings. The van der Waals surface area contributed by atoms with E-state index in [-0.39, 0.29) is 6.04 Å². The molecule has 3 nitrogen and oxygen atoms in total. The fraction of sp³-hybridized carbons (Fsp3) is 0.667. The number of ether oxygens (including phenoxy) is 1. The van der Waals surface area contributed by atoms with Gasteiger partial charge in [0.15, 0.2) is 0 Å². The molecule has 3 heteroatoms. The zero-order valence-electron chi connectivity index (χ0n) is 14.5. The molecule has 0 spiro atoms. The zero-order chi connectivity index (χ0) is 16.0. The number of nitrogens with two attached hydrogens (primary N) is 1. The lowest BCUT2D eigenvalue weighted by Gasteiger charge is -2.27. The van der Waals surface area contributed by atoms with Gasteiger partial charge in [-0.2, -0.15) is 0 Å². The summed E-state index contributed by atoms with van der Waals surface area (Å²) in [6, 6.07) is 6.34. The highest BCUT2D eigenvalue weighted by molar-refractivity contribution is 5.38. The number of hydrogen-bond donors (Lipinski definition) is 1. The molecule has 1 rings (SSSR count). The molecule has 0 amide bonds. The Hall–Kier alpha value is -1.06. The van der Waals surface area contributed by atoms with Gasteiger partial charge in [0.1, 0.15) is 5.75 Å². The van der Waals surface area contributed by atoms with Gasteiger partial charge in [-0.15, -0.1) is 0 Å². The van der Waals surface area contributed by atoms with E-state index in [0.29, 0.717) is 11.8 Å². The van der Waals surface area contributed by atoms with Crippen molar-refractivity contribution in [1.29, 1.82) is 0 Å². The molecule has 1 unspecified atom stereocenters. The first-order chi connectivity index (χ1) is 9.83. The van der Waals surface area contributed by atoms with Crippen molar-refractivity contribution in [2.24, 2.45) is 17.6 Å². The van der Waals surface area contributed by atoms with Crippen LogP contribution < -0.4 is 10.5 Å². The molecule has 21 heavy (non-hydrogen) atoms. The van der Waals surface area contributed by atoms with Crippen LogP contribution in [0.2, 0.25) is 0 Å². The smallest absolute Gasteiger partial charge is 0.123 e. The maximum atomic E-state index is 6.01. The van der Waals surface area contributed by atoms with Crippen molar-refractivity contribution in [3.05, 3.63) is 29.3 Å². The molecule has 1 aromatic carbocycles. The summed E-state index contributed by atoms with van der Waals surface area (Å²) in [6.45, 7) is 14.2. The van der Waals surface area contributed by atoms with Gasteiger partial charge in [0.25, 0.3) is 0 Å². The first-order valence-electron chi connectivity index (χ1n) is 7.98. The van der Waals surface area contributed by atoms with Crippen LogP contribution in [0.1, 0.15) is 51.8 Å². The zero-order valence-corrected chi connectivity index (χ0v) is 14.5. The Morgan fingerprint density at radius 1 is 1.05 bits per heavy atom. The van der Waals surface area contributed by atoms with E-state index < -0.39 is 0 Å². The van der Waals surface area contributed by atoms with Crippen LogP contribution >= 0.6 is 0 Å². The Balaban J connectivity index is 2.96. The predicted molar refractivity (Wildman–Crippen MR) is 90.5 cm³/mol. The summed E-state index contributed by atoms with van der Waals surface area (Å²) in [5, 5.41) is 0. The van der Waals surface area contributed by atoms with Gasteiger partial charge in [-0.25, -0.2) is 0 Å². The van der Waals surface area contributed by atoms with Gasteiger partial charge >= 0.3 is 0 Å². The highest BCUT2D eigenvalue weighted by atomic mass is 16.5. The maximum absolute atomic E-state index is 6.01. The molecule has 0 bridgehead atoms. The number of hydrogen-bond acceptors (Lipinski definition) is 3. The number of methoxy groups -OCH3 is 1. The van der Waals surface area contributed by atoms with Crippen LogP contribution in [0.4, 0.5) is 0 Å². The monoisotopic (exact) mass is 292 g/mol. The average Bonchev–Trinajstić information content (AvgIpc) is 2.36. The van der Waals surface area contributed by atoms with Crippen LogP contribution in [0.3, 0.4) is 0 Å². The van der Waals surface area contributed by atoms with E-state index in [4.69, 9.17) is 10.5 Å². The molecule has 0 heterocycles. The second-order valence-corrected chi connectivity index (χ2v) is 6.84. The van der Waals surface area contributed by atoms with Crippen LogP contribution in [-0.2, 0) is 6.54 Å². The fourth-order valence-electron chi connectivity index (χ4n) is 2.68. The lowest BCUT2D eigenvalue weighted by molar-refractivity contribution is 0.209. The maximum Gasteiger partial charge on any atom is 0.123 e. The third-order valence-electron chi connectivity index (χ3n) is 3.47. The minimum absolute atomic E-state index is 0.0540. The highest BCUT2D eigenvalue weighted by Crippen LogP contribution is 2.24. The van der Waals surface area contributed by atoms with Gasteiger partial charge in [-0.3, -0.25) is 4.90 Å². The molecule has 1 atom stereocenters. The Bertz CT molecular complexity index is 417. The molecule has 120 valence electrons. The second kappa shape index (κ2) is 8.40. The topological polar surface area (TPSA) is 38.5 Å². The summed E-state index contributed by atoms with van der Waals surface area (Å²) >= 11 is 0. The van der Waals surface area contributed by atoms with E-state index in [9.17, 15) is 0 Å². The third-order valence-corrected chi connectivity index (χ3v) is 3.47. The standard InChI is InChI=1S/C18H32N2O/c1-13(2)10-20(11-14(3)4)12-17-9-16(15(5)19)7-8-18(17)21-6/h7-9,13-15H,10-12,19H2,1-6H3. The first-order valence-corrected chi connectivity index (χ1v) is 7.98. The molecule has 2 N–H and O–H groups in total. The average molecular weight is 292 g/mol. The first kappa shape index (κ1) is 18.0. The number of benzene rings is 1. The Labute approximate surface area is 130 Å². The molecule has 0 aromatic heterocycles. The highest BCUT2D eigenvalue weighted by Gasteiger charge is 2.14. The van der Waals surface area contributed by atoms with Gasteiger partial charge in [0, 0.05) is 31.2 Å². The summed E-state index contributed by atoms with van der Waals surface area (Å²) < 4.78 is 5.52.